The number of hydrogen-bond acceptors (Lipinski definition) is 8. The Labute approximate surface area is 207 Å². The fraction of sp³-hybridized carbons (Fsp3) is 0.444. The molecule has 35 heavy (non-hydrogen) atoms. The van der Waals surface area contributed by atoms with Crippen LogP contribution in [-0.2, 0) is 11.3 Å². The summed E-state index contributed by atoms with van der Waals surface area (Å²) in [7, 11) is 1.73. The lowest BCUT2D eigenvalue weighted by atomic mass is 10.0. The Balaban J connectivity index is 1.30. The van der Waals surface area contributed by atoms with Crippen molar-refractivity contribution in [3.8, 4) is 6.07 Å². The topological polar surface area (TPSA) is 94.5 Å². The van der Waals surface area contributed by atoms with Crippen molar-refractivity contribution in [2.45, 2.75) is 44.1 Å². The normalized spacial score (nSPS) is 26.9. The Bertz CT molecular complexity index is 1360. The first-order valence-corrected chi connectivity index (χ1v) is 12.3. The number of rotatable bonds is 3. The highest BCUT2D eigenvalue weighted by Crippen LogP contribution is 2.41. The molecule has 4 atom stereocenters. The minimum Gasteiger partial charge on any atom is -0.378 e. The van der Waals surface area contributed by atoms with E-state index in [-0.39, 0.29) is 24.4 Å². The van der Waals surface area contributed by atoms with Crippen LogP contribution in [0.25, 0.3) is 10.9 Å². The highest BCUT2D eigenvalue weighted by Gasteiger charge is 2.40. The summed E-state index contributed by atoms with van der Waals surface area (Å²) in [5.41, 5.74) is 10.8. The lowest BCUT2D eigenvalue weighted by Gasteiger charge is -2.43. The number of nitrogens with zero attached hydrogens (tertiary/aromatic N) is 6. The van der Waals surface area contributed by atoms with Gasteiger partial charge in [0.25, 0.3) is 0 Å². The van der Waals surface area contributed by atoms with Crippen LogP contribution in [0.4, 0.5) is 11.5 Å². The molecule has 6 rings (SSSR count). The van der Waals surface area contributed by atoms with E-state index < -0.39 is 0 Å². The van der Waals surface area contributed by atoms with Gasteiger partial charge < -0.3 is 20.3 Å². The molecular weight excluding hydrogens is 438 g/mol. The number of anilines is 2. The molecule has 0 amide bonds. The Hall–Kier alpha value is -3.25. The number of aromatic nitrogens is 2. The fourth-order valence-electron chi connectivity index (χ4n) is 6.00. The summed E-state index contributed by atoms with van der Waals surface area (Å²) < 4.78 is 13.5. The van der Waals surface area contributed by atoms with E-state index in [0.29, 0.717) is 17.1 Å². The summed E-state index contributed by atoms with van der Waals surface area (Å²) in [5, 5.41) is 10.5. The number of methoxy groups -OCH3 is 1. The quantitative estimate of drug-likeness (QED) is 0.625. The number of nitrogens with two attached hydrogens (primary N) is 1. The van der Waals surface area contributed by atoms with Gasteiger partial charge in [0, 0.05) is 69.2 Å². The van der Waals surface area contributed by atoms with Gasteiger partial charge >= 0.3 is 0 Å². The zero-order chi connectivity index (χ0) is 25.0. The number of pyridine rings is 2. The van der Waals surface area contributed by atoms with Gasteiger partial charge in [-0.2, -0.15) is 5.26 Å². The molecule has 180 valence electrons. The van der Waals surface area contributed by atoms with E-state index in [0.717, 1.165) is 61.7 Å². The largest absolute Gasteiger partial charge is 0.378 e. The molecule has 0 spiro atoms. The molecule has 0 saturated carbocycles. The Morgan fingerprint density at radius 1 is 1.17 bits per heavy atom. The van der Waals surface area contributed by atoms with E-state index in [1.54, 1.807) is 13.2 Å². The van der Waals surface area contributed by atoms with E-state index >= 15 is 0 Å². The number of ether oxygens (including phenoxy) is 1. The second kappa shape index (κ2) is 8.76. The molecule has 0 radical (unpaired) electrons. The Kier molecular flexibility index (Phi) is 5.27. The molecule has 0 bridgehead atoms. The van der Waals surface area contributed by atoms with E-state index in [4.69, 9.17) is 16.8 Å². The van der Waals surface area contributed by atoms with Crippen LogP contribution >= 0.6 is 0 Å². The molecule has 8 heteroatoms. The zero-order valence-corrected chi connectivity index (χ0v) is 20.2. The highest BCUT2D eigenvalue weighted by atomic mass is 16.5. The summed E-state index contributed by atoms with van der Waals surface area (Å²) in [6.07, 6.45) is 1.10. The lowest BCUT2D eigenvalue weighted by Crippen LogP contribution is -2.51. The standard InChI is InChI=1S/C27H31N7O/c1-17-13-33(23-7-5-18(12-28)27-20(23)4-3-10-30-27)15-24-19-6-8-26(31-22(19)14-34(17)24)32-11-9-21(29)25(16-32)35-2/h3-8,10,17,21,24-25H,9,11,13-16,29H2,1-2H3/t17-,21-,24-,25-/m1/s1/i10D. The average molecular weight is 471 g/mol. The molecule has 2 N–H and O–H groups in total. The van der Waals surface area contributed by atoms with Crippen molar-refractivity contribution in [1.82, 2.24) is 14.9 Å². The summed E-state index contributed by atoms with van der Waals surface area (Å²) in [5.74, 6) is 1.00. The van der Waals surface area contributed by atoms with Crippen molar-refractivity contribution in [3.63, 3.8) is 0 Å². The molecule has 2 fully saturated rings. The number of nitriles is 1. The molecule has 0 aliphatic carbocycles. The van der Waals surface area contributed by atoms with Gasteiger partial charge in [-0.25, -0.2) is 4.98 Å². The van der Waals surface area contributed by atoms with Crippen LogP contribution in [0.1, 0.15) is 37.6 Å². The molecule has 1 aromatic carbocycles. The minimum atomic E-state index is 0.0246. The first-order chi connectivity index (χ1) is 17.5. The van der Waals surface area contributed by atoms with Crippen molar-refractivity contribution >= 4 is 22.4 Å². The van der Waals surface area contributed by atoms with Gasteiger partial charge in [-0.15, -0.1) is 0 Å². The Morgan fingerprint density at radius 2 is 2.06 bits per heavy atom. The molecule has 2 aromatic heterocycles. The SMILES string of the molecule is [2H]c1ccc2c(N3C[C@@H](C)N4Cc5nc(N6CC[C@@H](N)[C@H](OC)C6)ccc5[C@H]4C3)ccc(C#N)c2n1. The van der Waals surface area contributed by atoms with Gasteiger partial charge in [0.1, 0.15) is 11.9 Å². The van der Waals surface area contributed by atoms with Gasteiger partial charge in [-0.3, -0.25) is 9.88 Å². The van der Waals surface area contributed by atoms with Gasteiger partial charge in [0.05, 0.1) is 30.3 Å². The minimum absolute atomic E-state index is 0.0246. The molecule has 0 unspecified atom stereocenters. The molecule has 3 aliphatic heterocycles. The summed E-state index contributed by atoms with van der Waals surface area (Å²) in [4.78, 5) is 16.7. The van der Waals surface area contributed by atoms with E-state index in [9.17, 15) is 5.26 Å². The van der Waals surface area contributed by atoms with Gasteiger partial charge in [-0.1, -0.05) is 6.07 Å². The first kappa shape index (κ1) is 21.1. The number of piperazine rings is 1. The molecule has 5 heterocycles. The van der Waals surface area contributed by atoms with Crippen LogP contribution in [0.2, 0.25) is 0 Å². The van der Waals surface area contributed by atoms with E-state index in [2.05, 4.69) is 44.8 Å². The van der Waals surface area contributed by atoms with Gasteiger partial charge in [0.15, 0.2) is 0 Å². The number of hydrogen-bond donors (Lipinski definition) is 1. The third kappa shape index (κ3) is 3.71. The van der Waals surface area contributed by atoms with Crippen LogP contribution in [0, 0.1) is 11.3 Å². The third-order valence-corrected chi connectivity index (χ3v) is 7.92. The molecule has 8 nitrogen and oxygen atoms in total. The van der Waals surface area contributed by atoms with Crippen molar-refractivity contribution in [2.24, 2.45) is 5.73 Å². The number of benzene rings is 1. The number of piperidine rings is 1. The highest BCUT2D eigenvalue weighted by molar-refractivity contribution is 5.95. The second-order valence-corrected chi connectivity index (χ2v) is 9.90. The van der Waals surface area contributed by atoms with Crippen molar-refractivity contribution in [2.75, 3.05) is 43.1 Å². The van der Waals surface area contributed by atoms with Gasteiger partial charge in [-0.05, 0) is 49.2 Å². The molecule has 3 aliphatic rings. The summed E-state index contributed by atoms with van der Waals surface area (Å²) in [6, 6.07) is 14.8. The molecule has 2 saturated heterocycles. The predicted octanol–water partition coefficient (Wildman–Crippen LogP) is 2.82. The van der Waals surface area contributed by atoms with Crippen molar-refractivity contribution in [3.05, 3.63) is 59.4 Å². The number of fused-ring (bicyclic) bond motifs is 4. The van der Waals surface area contributed by atoms with Crippen molar-refractivity contribution in [1.29, 1.82) is 5.26 Å². The lowest BCUT2D eigenvalue weighted by molar-refractivity contribution is 0.0728. The molecule has 3 aromatic rings. The van der Waals surface area contributed by atoms with Gasteiger partial charge in [0.2, 0.25) is 0 Å². The smallest absolute Gasteiger partial charge is 0.128 e. The first-order valence-electron chi connectivity index (χ1n) is 12.8. The molecular formula is C27H31N7O. The maximum atomic E-state index is 9.57. The maximum Gasteiger partial charge on any atom is 0.128 e. The van der Waals surface area contributed by atoms with Crippen LogP contribution in [0.5, 0.6) is 0 Å². The Morgan fingerprint density at radius 3 is 2.89 bits per heavy atom. The average Bonchev–Trinajstić information content (AvgIpc) is 3.26. The maximum absolute atomic E-state index is 9.57. The van der Waals surface area contributed by atoms with Crippen molar-refractivity contribution < 1.29 is 6.11 Å². The van der Waals surface area contributed by atoms with Crippen LogP contribution in [0.15, 0.2) is 42.6 Å². The zero-order valence-electron chi connectivity index (χ0n) is 21.2. The van der Waals surface area contributed by atoms with Crippen LogP contribution < -0.4 is 15.5 Å². The van der Waals surface area contributed by atoms with Crippen LogP contribution in [0.3, 0.4) is 0 Å². The summed E-state index contributed by atoms with van der Waals surface area (Å²) in [6.45, 7) is 6.49. The fourth-order valence-corrected chi connectivity index (χ4v) is 6.00. The second-order valence-electron chi connectivity index (χ2n) is 9.90. The monoisotopic (exact) mass is 470 g/mol. The van der Waals surface area contributed by atoms with E-state index in [1.165, 1.54) is 5.56 Å². The predicted molar refractivity (Wildman–Crippen MR) is 136 cm³/mol. The van der Waals surface area contributed by atoms with Crippen LogP contribution in [-0.4, -0.2) is 66.3 Å². The summed E-state index contributed by atoms with van der Waals surface area (Å²) >= 11 is 0. The van der Waals surface area contributed by atoms with E-state index in [1.807, 2.05) is 18.2 Å². The third-order valence-electron chi connectivity index (χ3n) is 7.92.